The SMILES string of the molecule is CC(C)(OC=Cc1ccccc1)c1ccccc1. The van der Waals surface area contributed by atoms with Gasteiger partial charge in [0, 0.05) is 0 Å². The lowest BCUT2D eigenvalue weighted by molar-refractivity contribution is 0.0568. The molecule has 0 radical (unpaired) electrons. The van der Waals surface area contributed by atoms with Crippen LogP contribution in [0.25, 0.3) is 6.08 Å². The van der Waals surface area contributed by atoms with Gasteiger partial charge in [0.05, 0.1) is 6.26 Å². The first-order valence-electron chi connectivity index (χ1n) is 6.13. The first-order valence-corrected chi connectivity index (χ1v) is 6.13. The van der Waals surface area contributed by atoms with E-state index in [4.69, 9.17) is 4.74 Å². The summed E-state index contributed by atoms with van der Waals surface area (Å²) in [4.78, 5) is 0. The Kier molecular flexibility index (Phi) is 3.83. The molecule has 1 heteroatoms. The number of hydrogen-bond acceptors (Lipinski definition) is 1. The molecule has 0 aliphatic heterocycles. The second-order valence-corrected chi connectivity index (χ2v) is 4.71. The first kappa shape index (κ1) is 12.4. The van der Waals surface area contributed by atoms with Crippen LogP contribution in [-0.2, 0) is 10.3 Å². The van der Waals surface area contributed by atoms with E-state index in [0.717, 1.165) is 5.56 Å². The van der Waals surface area contributed by atoms with Gasteiger partial charge >= 0.3 is 0 Å². The van der Waals surface area contributed by atoms with Gasteiger partial charge in [-0.2, -0.15) is 0 Å². The van der Waals surface area contributed by atoms with Gasteiger partial charge in [-0.25, -0.2) is 0 Å². The molecule has 1 nitrogen and oxygen atoms in total. The van der Waals surface area contributed by atoms with Gasteiger partial charge in [-0.3, -0.25) is 0 Å². The van der Waals surface area contributed by atoms with E-state index >= 15 is 0 Å². The van der Waals surface area contributed by atoms with Crippen molar-refractivity contribution >= 4 is 6.08 Å². The molecule has 0 spiro atoms. The fraction of sp³-hybridized carbons (Fsp3) is 0.176. The predicted octanol–water partition coefficient (Wildman–Crippen LogP) is 4.61. The highest BCUT2D eigenvalue weighted by Crippen LogP contribution is 2.24. The van der Waals surface area contributed by atoms with Gasteiger partial charge in [0.25, 0.3) is 0 Å². The van der Waals surface area contributed by atoms with Crippen molar-refractivity contribution in [2.45, 2.75) is 19.4 Å². The number of benzene rings is 2. The predicted molar refractivity (Wildman–Crippen MR) is 76.0 cm³/mol. The van der Waals surface area contributed by atoms with E-state index in [0.29, 0.717) is 0 Å². The molecule has 0 bridgehead atoms. The van der Waals surface area contributed by atoms with E-state index in [-0.39, 0.29) is 5.60 Å². The molecule has 0 saturated carbocycles. The number of rotatable bonds is 4. The fourth-order valence-corrected chi connectivity index (χ4v) is 1.75. The van der Waals surface area contributed by atoms with Crippen LogP contribution in [0.3, 0.4) is 0 Å². The maximum Gasteiger partial charge on any atom is 0.127 e. The van der Waals surface area contributed by atoms with Crippen molar-refractivity contribution < 1.29 is 4.74 Å². The molecule has 0 saturated heterocycles. The minimum Gasteiger partial charge on any atom is -0.491 e. The molecule has 0 atom stereocenters. The van der Waals surface area contributed by atoms with Crippen molar-refractivity contribution in [2.75, 3.05) is 0 Å². The minimum atomic E-state index is -0.313. The van der Waals surface area contributed by atoms with Gasteiger partial charge in [0.2, 0.25) is 0 Å². The molecule has 0 aromatic heterocycles. The van der Waals surface area contributed by atoms with Crippen LogP contribution in [0.2, 0.25) is 0 Å². The summed E-state index contributed by atoms with van der Waals surface area (Å²) in [6.45, 7) is 4.13. The van der Waals surface area contributed by atoms with Crippen LogP contribution in [0.5, 0.6) is 0 Å². The summed E-state index contributed by atoms with van der Waals surface area (Å²) in [6.07, 6.45) is 3.74. The Bertz CT molecular complexity index is 498. The molecule has 0 aliphatic carbocycles. The first-order chi connectivity index (χ1) is 8.68. The molecule has 0 aliphatic rings. The van der Waals surface area contributed by atoms with Crippen molar-refractivity contribution in [3.8, 4) is 0 Å². The molecule has 0 amide bonds. The average molecular weight is 238 g/mol. The van der Waals surface area contributed by atoms with Crippen LogP contribution in [0.4, 0.5) is 0 Å². The maximum absolute atomic E-state index is 5.84. The Morgan fingerprint density at radius 2 is 1.39 bits per heavy atom. The highest BCUT2D eigenvalue weighted by Gasteiger charge is 2.19. The highest BCUT2D eigenvalue weighted by molar-refractivity contribution is 5.47. The summed E-state index contributed by atoms with van der Waals surface area (Å²) < 4.78 is 5.84. The lowest BCUT2D eigenvalue weighted by atomic mass is 9.98. The van der Waals surface area contributed by atoms with Crippen LogP contribution in [0.15, 0.2) is 66.9 Å². The molecule has 0 N–H and O–H groups in total. The van der Waals surface area contributed by atoms with E-state index in [2.05, 4.69) is 38.1 Å². The monoisotopic (exact) mass is 238 g/mol. The molecule has 2 rings (SSSR count). The standard InChI is InChI=1S/C17H18O/c1-17(2,16-11-7-4-8-12-16)18-14-13-15-9-5-3-6-10-15/h3-14H,1-2H3. The summed E-state index contributed by atoms with van der Waals surface area (Å²) in [5.74, 6) is 0. The third-order valence-electron chi connectivity index (χ3n) is 2.89. The largest absolute Gasteiger partial charge is 0.491 e. The molecule has 92 valence electrons. The Hall–Kier alpha value is -2.02. The third-order valence-corrected chi connectivity index (χ3v) is 2.89. The lowest BCUT2D eigenvalue weighted by Crippen LogP contribution is -2.18. The maximum atomic E-state index is 5.84. The molecule has 18 heavy (non-hydrogen) atoms. The van der Waals surface area contributed by atoms with E-state index in [1.165, 1.54) is 5.56 Å². The van der Waals surface area contributed by atoms with Crippen molar-refractivity contribution in [3.05, 3.63) is 78.1 Å². The zero-order valence-electron chi connectivity index (χ0n) is 10.8. The van der Waals surface area contributed by atoms with Gasteiger partial charge in [-0.05, 0) is 31.1 Å². The van der Waals surface area contributed by atoms with Crippen molar-refractivity contribution in [1.82, 2.24) is 0 Å². The molecule has 2 aromatic rings. The third kappa shape index (κ3) is 3.24. The molecule has 0 heterocycles. The smallest absolute Gasteiger partial charge is 0.127 e. The van der Waals surface area contributed by atoms with E-state index in [9.17, 15) is 0 Å². The van der Waals surface area contributed by atoms with Gasteiger partial charge < -0.3 is 4.74 Å². The van der Waals surface area contributed by atoms with E-state index in [1.54, 1.807) is 6.26 Å². The van der Waals surface area contributed by atoms with Crippen molar-refractivity contribution in [2.24, 2.45) is 0 Å². The van der Waals surface area contributed by atoms with Crippen LogP contribution >= 0.6 is 0 Å². The number of ether oxygens (including phenoxy) is 1. The van der Waals surface area contributed by atoms with Gasteiger partial charge in [0.1, 0.15) is 5.60 Å². The zero-order valence-corrected chi connectivity index (χ0v) is 10.8. The normalized spacial score (nSPS) is 11.7. The summed E-state index contributed by atoms with van der Waals surface area (Å²) in [5, 5.41) is 0. The topological polar surface area (TPSA) is 9.23 Å². The second kappa shape index (κ2) is 5.54. The minimum absolute atomic E-state index is 0.313. The summed E-state index contributed by atoms with van der Waals surface area (Å²) >= 11 is 0. The fourth-order valence-electron chi connectivity index (χ4n) is 1.75. The van der Waals surface area contributed by atoms with E-state index in [1.807, 2.05) is 42.5 Å². The average Bonchev–Trinajstić information content (AvgIpc) is 2.41. The van der Waals surface area contributed by atoms with Crippen LogP contribution < -0.4 is 0 Å². The molecule has 2 aromatic carbocycles. The van der Waals surface area contributed by atoms with Crippen molar-refractivity contribution in [3.63, 3.8) is 0 Å². The van der Waals surface area contributed by atoms with Crippen LogP contribution in [0.1, 0.15) is 25.0 Å². The van der Waals surface area contributed by atoms with E-state index < -0.39 is 0 Å². The quantitative estimate of drug-likeness (QED) is 0.707. The number of hydrogen-bond donors (Lipinski definition) is 0. The van der Waals surface area contributed by atoms with Gasteiger partial charge in [-0.15, -0.1) is 0 Å². The molecular weight excluding hydrogens is 220 g/mol. The van der Waals surface area contributed by atoms with Crippen LogP contribution in [-0.4, -0.2) is 0 Å². The summed E-state index contributed by atoms with van der Waals surface area (Å²) in [7, 11) is 0. The van der Waals surface area contributed by atoms with Gasteiger partial charge in [-0.1, -0.05) is 60.7 Å². The Balaban J connectivity index is 2.04. The summed E-state index contributed by atoms with van der Waals surface area (Å²) in [5.41, 5.74) is 2.00. The van der Waals surface area contributed by atoms with Crippen molar-refractivity contribution in [1.29, 1.82) is 0 Å². The Morgan fingerprint density at radius 1 is 0.833 bits per heavy atom. The molecular formula is C17H18O. The van der Waals surface area contributed by atoms with Crippen LogP contribution in [0, 0.1) is 0 Å². The Morgan fingerprint density at radius 3 is 2.00 bits per heavy atom. The second-order valence-electron chi connectivity index (χ2n) is 4.71. The zero-order chi connectivity index (χ0) is 12.8. The summed E-state index contributed by atoms with van der Waals surface area (Å²) in [6, 6.07) is 20.4. The molecule has 0 fully saturated rings. The Labute approximate surface area is 109 Å². The lowest BCUT2D eigenvalue weighted by Gasteiger charge is -2.24. The highest BCUT2D eigenvalue weighted by atomic mass is 16.5. The molecule has 0 unspecified atom stereocenters. The van der Waals surface area contributed by atoms with Gasteiger partial charge in [0.15, 0.2) is 0 Å².